The lowest BCUT2D eigenvalue weighted by Crippen LogP contribution is -2.42. The van der Waals surface area contributed by atoms with E-state index in [0.29, 0.717) is 11.6 Å². The molecule has 1 aliphatic rings. The SMILES string of the molecule is CNCC1CCCN(C(=O)c2nnn(-c3cccc4cccnc34)c2C)C1. The Hall–Kier alpha value is -2.80. The number of pyridine rings is 1. The highest BCUT2D eigenvalue weighted by molar-refractivity contribution is 5.94. The van der Waals surface area contributed by atoms with E-state index in [-0.39, 0.29) is 5.91 Å². The molecule has 0 bridgehead atoms. The second-order valence-corrected chi connectivity index (χ2v) is 7.10. The molecule has 140 valence electrons. The van der Waals surface area contributed by atoms with Crippen LogP contribution in [0.25, 0.3) is 16.6 Å². The fourth-order valence-electron chi connectivity index (χ4n) is 3.87. The number of para-hydroxylation sites is 1. The Bertz CT molecular complexity index is 959. The van der Waals surface area contributed by atoms with Gasteiger partial charge < -0.3 is 10.2 Å². The minimum atomic E-state index is -0.0345. The van der Waals surface area contributed by atoms with Crippen LogP contribution in [-0.2, 0) is 0 Å². The van der Waals surface area contributed by atoms with Gasteiger partial charge in [0.05, 0.1) is 16.9 Å². The summed E-state index contributed by atoms with van der Waals surface area (Å²) in [4.78, 5) is 19.4. The summed E-state index contributed by atoms with van der Waals surface area (Å²) in [7, 11) is 1.95. The Morgan fingerprint density at radius 3 is 3.00 bits per heavy atom. The van der Waals surface area contributed by atoms with Gasteiger partial charge in [-0.1, -0.05) is 23.4 Å². The summed E-state index contributed by atoms with van der Waals surface area (Å²) in [5, 5.41) is 12.7. The zero-order chi connectivity index (χ0) is 18.8. The number of carbonyl (C=O) groups excluding carboxylic acids is 1. The summed E-state index contributed by atoms with van der Waals surface area (Å²) >= 11 is 0. The average molecular weight is 364 g/mol. The molecule has 1 amide bonds. The molecule has 7 heteroatoms. The molecule has 27 heavy (non-hydrogen) atoms. The third-order valence-corrected chi connectivity index (χ3v) is 5.24. The highest BCUT2D eigenvalue weighted by Crippen LogP contribution is 2.23. The first kappa shape index (κ1) is 17.6. The van der Waals surface area contributed by atoms with Crippen molar-refractivity contribution >= 4 is 16.8 Å². The van der Waals surface area contributed by atoms with Gasteiger partial charge in [-0.2, -0.15) is 0 Å². The predicted molar refractivity (Wildman–Crippen MR) is 104 cm³/mol. The Morgan fingerprint density at radius 2 is 2.15 bits per heavy atom. The number of hydrogen-bond donors (Lipinski definition) is 1. The van der Waals surface area contributed by atoms with Crippen LogP contribution in [0.4, 0.5) is 0 Å². The van der Waals surface area contributed by atoms with Crippen molar-refractivity contribution in [3.05, 3.63) is 47.9 Å². The third kappa shape index (κ3) is 3.30. The van der Waals surface area contributed by atoms with E-state index in [1.54, 1.807) is 10.9 Å². The van der Waals surface area contributed by atoms with Gasteiger partial charge in [0.25, 0.3) is 5.91 Å². The van der Waals surface area contributed by atoms with Gasteiger partial charge in [-0.15, -0.1) is 5.10 Å². The zero-order valence-corrected chi connectivity index (χ0v) is 15.7. The number of amides is 1. The summed E-state index contributed by atoms with van der Waals surface area (Å²) in [5.41, 5.74) is 2.85. The molecule has 4 rings (SSSR count). The van der Waals surface area contributed by atoms with Gasteiger partial charge >= 0.3 is 0 Å². The van der Waals surface area contributed by atoms with E-state index in [0.717, 1.165) is 54.8 Å². The van der Waals surface area contributed by atoms with Crippen molar-refractivity contribution in [3.8, 4) is 5.69 Å². The van der Waals surface area contributed by atoms with Crippen LogP contribution < -0.4 is 5.32 Å². The zero-order valence-electron chi connectivity index (χ0n) is 15.7. The average Bonchev–Trinajstić information content (AvgIpc) is 3.08. The number of benzene rings is 1. The van der Waals surface area contributed by atoms with Crippen molar-refractivity contribution in [1.82, 2.24) is 30.2 Å². The van der Waals surface area contributed by atoms with Gasteiger partial charge in [-0.05, 0) is 51.4 Å². The molecular formula is C20H24N6O. The van der Waals surface area contributed by atoms with Crippen molar-refractivity contribution < 1.29 is 4.79 Å². The minimum Gasteiger partial charge on any atom is -0.337 e. The first-order valence-corrected chi connectivity index (χ1v) is 9.39. The minimum absolute atomic E-state index is 0.0345. The quantitative estimate of drug-likeness (QED) is 0.768. The molecule has 1 N–H and O–H groups in total. The van der Waals surface area contributed by atoms with Crippen molar-refractivity contribution in [2.45, 2.75) is 19.8 Å². The summed E-state index contributed by atoms with van der Waals surface area (Å²) < 4.78 is 1.72. The molecule has 0 aliphatic carbocycles. The van der Waals surface area contributed by atoms with Crippen molar-refractivity contribution in [1.29, 1.82) is 0 Å². The number of nitrogens with one attached hydrogen (secondary N) is 1. The lowest BCUT2D eigenvalue weighted by atomic mass is 9.97. The summed E-state index contributed by atoms with van der Waals surface area (Å²) in [6.45, 7) is 4.37. The van der Waals surface area contributed by atoms with Crippen LogP contribution in [0, 0.1) is 12.8 Å². The topological polar surface area (TPSA) is 75.9 Å². The number of hydrogen-bond acceptors (Lipinski definition) is 5. The maximum absolute atomic E-state index is 13.1. The van der Waals surface area contributed by atoms with Crippen molar-refractivity contribution in [3.63, 3.8) is 0 Å². The molecule has 0 saturated carbocycles. The van der Waals surface area contributed by atoms with Crippen LogP contribution in [0.5, 0.6) is 0 Å². The number of aromatic nitrogens is 4. The van der Waals surface area contributed by atoms with Crippen LogP contribution in [0.3, 0.4) is 0 Å². The molecule has 1 fully saturated rings. The van der Waals surface area contributed by atoms with Crippen LogP contribution in [0.1, 0.15) is 29.0 Å². The molecule has 1 aliphatic heterocycles. The van der Waals surface area contributed by atoms with E-state index in [2.05, 4.69) is 20.6 Å². The molecule has 3 heterocycles. The van der Waals surface area contributed by atoms with Crippen molar-refractivity contribution in [2.24, 2.45) is 5.92 Å². The number of nitrogens with zero attached hydrogens (tertiary/aromatic N) is 5. The van der Waals surface area contributed by atoms with E-state index in [1.165, 1.54) is 0 Å². The Balaban J connectivity index is 1.65. The number of piperidine rings is 1. The fraction of sp³-hybridized carbons (Fsp3) is 0.400. The van der Waals surface area contributed by atoms with Crippen LogP contribution in [0.15, 0.2) is 36.5 Å². The molecule has 1 aromatic carbocycles. The van der Waals surface area contributed by atoms with E-state index in [9.17, 15) is 4.79 Å². The highest BCUT2D eigenvalue weighted by atomic mass is 16.2. The van der Waals surface area contributed by atoms with E-state index >= 15 is 0 Å². The van der Waals surface area contributed by atoms with Gasteiger partial charge in [0, 0.05) is 24.7 Å². The summed E-state index contributed by atoms with van der Waals surface area (Å²) in [6.07, 6.45) is 3.94. The molecule has 0 radical (unpaired) electrons. The lowest BCUT2D eigenvalue weighted by molar-refractivity contribution is 0.0667. The molecule has 1 saturated heterocycles. The third-order valence-electron chi connectivity index (χ3n) is 5.24. The summed E-state index contributed by atoms with van der Waals surface area (Å²) in [6, 6.07) is 9.86. The molecule has 7 nitrogen and oxygen atoms in total. The Labute approximate surface area is 158 Å². The maximum atomic E-state index is 13.1. The smallest absolute Gasteiger partial charge is 0.276 e. The monoisotopic (exact) mass is 364 g/mol. The van der Waals surface area contributed by atoms with Gasteiger partial charge in [0.1, 0.15) is 0 Å². The van der Waals surface area contributed by atoms with Gasteiger partial charge in [-0.25, -0.2) is 4.68 Å². The standard InChI is InChI=1S/C20H24N6O/c1-14-18(20(27)25-11-5-6-15(13-25)12-21-2)23-24-26(14)17-9-3-7-16-8-4-10-22-19(16)17/h3-4,7-10,15,21H,5-6,11-13H2,1-2H3. The van der Waals surface area contributed by atoms with Crippen LogP contribution >= 0.6 is 0 Å². The normalized spacial score (nSPS) is 17.4. The van der Waals surface area contributed by atoms with Crippen LogP contribution in [-0.4, -0.2) is 57.5 Å². The predicted octanol–water partition coefficient (Wildman–Crippen LogP) is 2.20. The van der Waals surface area contributed by atoms with E-state index in [1.807, 2.05) is 49.2 Å². The van der Waals surface area contributed by atoms with Gasteiger partial charge in [0.2, 0.25) is 0 Å². The highest BCUT2D eigenvalue weighted by Gasteiger charge is 2.28. The van der Waals surface area contributed by atoms with Crippen LogP contribution in [0.2, 0.25) is 0 Å². The molecule has 0 spiro atoms. The number of likely N-dealkylation sites (tertiary alicyclic amines) is 1. The van der Waals surface area contributed by atoms with E-state index < -0.39 is 0 Å². The van der Waals surface area contributed by atoms with E-state index in [4.69, 9.17) is 0 Å². The first-order chi connectivity index (χ1) is 13.2. The molecule has 1 atom stereocenters. The lowest BCUT2D eigenvalue weighted by Gasteiger charge is -2.32. The second kappa shape index (κ2) is 7.44. The molecule has 1 unspecified atom stereocenters. The number of fused-ring (bicyclic) bond motifs is 1. The summed E-state index contributed by atoms with van der Waals surface area (Å²) in [5.74, 6) is 0.457. The van der Waals surface area contributed by atoms with Gasteiger partial charge in [-0.3, -0.25) is 9.78 Å². The fourth-order valence-corrected chi connectivity index (χ4v) is 3.87. The number of rotatable bonds is 4. The molecule has 2 aromatic heterocycles. The van der Waals surface area contributed by atoms with Crippen molar-refractivity contribution in [2.75, 3.05) is 26.7 Å². The number of carbonyl (C=O) groups is 1. The molecular weight excluding hydrogens is 340 g/mol. The second-order valence-electron chi connectivity index (χ2n) is 7.10. The maximum Gasteiger partial charge on any atom is 0.276 e. The Kier molecular flexibility index (Phi) is 4.85. The first-order valence-electron chi connectivity index (χ1n) is 9.39. The largest absolute Gasteiger partial charge is 0.337 e. The molecule has 3 aromatic rings. The van der Waals surface area contributed by atoms with Gasteiger partial charge in [0.15, 0.2) is 5.69 Å². The Morgan fingerprint density at radius 1 is 1.30 bits per heavy atom.